The molecule has 12 heteroatoms. The van der Waals surface area contributed by atoms with E-state index in [2.05, 4.69) is 15.4 Å². The van der Waals surface area contributed by atoms with Crippen LogP contribution in [0.5, 0.6) is 0 Å². The molecule has 0 unspecified atom stereocenters. The SMILES string of the molecule is O=C(NCc1cnn2ccc(N3CCC[C@@H]3c3cc(F)ccc3C(F)(F)F)nc12)N1CC[C@H](O)C1. The van der Waals surface area contributed by atoms with Crippen molar-refractivity contribution in [3.63, 3.8) is 0 Å². The van der Waals surface area contributed by atoms with Gasteiger partial charge < -0.3 is 20.2 Å². The monoisotopic (exact) mass is 492 g/mol. The fourth-order valence-electron chi connectivity index (χ4n) is 4.83. The topological polar surface area (TPSA) is 86.0 Å². The summed E-state index contributed by atoms with van der Waals surface area (Å²) >= 11 is 0. The normalized spacial score (nSPS) is 20.7. The van der Waals surface area contributed by atoms with Gasteiger partial charge in [-0.05, 0) is 49.1 Å². The molecular formula is C23H24F4N6O2. The smallest absolute Gasteiger partial charge is 0.391 e. The molecule has 186 valence electrons. The minimum absolute atomic E-state index is 0.106. The first kappa shape index (κ1) is 23.3. The quantitative estimate of drug-likeness (QED) is 0.545. The number of rotatable bonds is 4. The van der Waals surface area contributed by atoms with Crippen molar-refractivity contribution in [3.8, 4) is 0 Å². The minimum Gasteiger partial charge on any atom is -0.391 e. The maximum atomic E-state index is 14.0. The number of carbonyl (C=O) groups excluding carboxylic acids is 1. The van der Waals surface area contributed by atoms with Gasteiger partial charge in [0, 0.05) is 37.9 Å². The fraction of sp³-hybridized carbons (Fsp3) is 0.435. The summed E-state index contributed by atoms with van der Waals surface area (Å²) in [4.78, 5) is 20.3. The number of nitrogens with zero attached hydrogens (tertiary/aromatic N) is 5. The van der Waals surface area contributed by atoms with Crippen molar-refractivity contribution < 1.29 is 27.5 Å². The van der Waals surface area contributed by atoms with E-state index in [4.69, 9.17) is 0 Å². The van der Waals surface area contributed by atoms with E-state index < -0.39 is 29.7 Å². The molecule has 0 saturated carbocycles. The van der Waals surface area contributed by atoms with Crippen LogP contribution >= 0.6 is 0 Å². The van der Waals surface area contributed by atoms with E-state index in [1.807, 2.05) is 0 Å². The van der Waals surface area contributed by atoms with Crippen LogP contribution in [0.4, 0.5) is 28.2 Å². The van der Waals surface area contributed by atoms with Crippen LogP contribution in [-0.4, -0.2) is 56.4 Å². The lowest BCUT2D eigenvalue weighted by atomic mass is 9.97. The van der Waals surface area contributed by atoms with Crippen LogP contribution in [0.3, 0.4) is 0 Å². The number of hydrogen-bond acceptors (Lipinski definition) is 5. The zero-order chi connectivity index (χ0) is 24.7. The average Bonchev–Trinajstić information content (AvgIpc) is 3.55. The Morgan fingerprint density at radius 2 is 2.03 bits per heavy atom. The van der Waals surface area contributed by atoms with E-state index in [1.165, 1.54) is 9.42 Å². The van der Waals surface area contributed by atoms with Crippen molar-refractivity contribution in [1.82, 2.24) is 24.8 Å². The summed E-state index contributed by atoms with van der Waals surface area (Å²) in [5, 5.41) is 16.7. The molecule has 3 aromatic rings. The van der Waals surface area contributed by atoms with Gasteiger partial charge in [-0.1, -0.05) is 0 Å². The summed E-state index contributed by atoms with van der Waals surface area (Å²) in [5.74, 6) is -0.268. The lowest BCUT2D eigenvalue weighted by molar-refractivity contribution is -0.138. The molecule has 2 aromatic heterocycles. The first-order chi connectivity index (χ1) is 16.7. The van der Waals surface area contributed by atoms with Gasteiger partial charge in [0.2, 0.25) is 0 Å². The van der Waals surface area contributed by atoms with Gasteiger partial charge in [0.15, 0.2) is 5.65 Å². The number of amides is 2. The Morgan fingerprint density at radius 3 is 2.77 bits per heavy atom. The van der Waals surface area contributed by atoms with Crippen LogP contribution in [-0.2, 0) is 12.7 Å². The fourth-order valence-corrected chi connectivity index (χ4v) is 4.83. The van der Waals surface area contributed by atoms with Gasteiger partial charge in [0.1, 0.15) is 11.6 Å². The van der Waals surface area contributed by atoms with Gasteiger partial charge >= 0.3 is 12.2 Å². The zero-order valence-electron chi connectivity index (χ0n) is 18.7. The number of nitrogens with one attached hydrogen (secondary N) is 1. The number of β-amino-alcohol motifs (C(OH)–C–C–N with tert-alkyl or cyclic N) is 1. The van der Waals surface area contributed by atoms with Crippen LogP contribution in [0.25, 0.3) is 5.65 Å². The highest BCUT2D eigenvalue weighted by Gasteiger charge is 2.38. The van der Waals surface area contributed by atoms with E-state index in [1.54, 1.807) is 23.4 Å². The van der Waals surface area contributed by atoms with Gasteiger partial charge in [-0.3, -0.25) is 0 Å². The van der Waals surface area contributed by atoms with E-state index >= 15 is 0 Å². The largest absolute Gasteiger partial charge is 0.416 e. The molecular weight excluding hydrogens is 468 g/mol. The molecule has 35 heavy (non-hydrogen) atoms. The van der Waals surface area contributed by atoms with Crippen LogP contribution in [0.2, 0.25) is 0 Å². The third-order valence-corrected chi connectivity index (χ3v) is 6.53. The number of halogens is 4. The van der Waals surface area contributed by atoms with Crippen LogP contribution in [0, 0.1) is 5.82 Å². The summed E-state index contributed by atoms with van der Waals surface area (Å²) in [6, 6.07) is 3.26. The van der Waals surface area contributed by atoms with Gasteiger partial charge in [0.25, 0.3) is 0 Å². The van der Waals surface area contributed by atoms with Crippen molar-refractivity contribution in [2.24, 2.45) is 0 Å². The molecule has 0 aliphatic carbocycles. The second-order valence-electron chi connectivity index (χ2n) is 8.85. The van der Waals surface area contributed by atoms with Crippen molar-refractivity contribution in [1.29, 1.82) is 0 Å². The summed E-state index contributed by atoms with van der Waals surface area (Å²) in [7, 11) is 0. The highest BCUT2D eigenvalue weighted by molar-refractivity contribution is 5.74. The number of alkyl halides is 3. The average molecular weight is 492 g/mol. The number of aromatic nitrogens is 3. The van der Waals surface area contributed by atoms with Gasteiger partial charge in [-0.15, -0.1) is 0 Å². The molecule has 2 amide bonds. The predicted octanol–water partition coefficient (Wildman–Crippen LogP) is 3.50. The number of aliphatic hydroxyl groups excluding tert-OH is 1. The Kier molecular flexibility index (Phi) is 5.99. The number of benzene rings is 1. The second-order valence-corrected chi connectivity index (χ2v) is 8.85. The Bertz CT molecular complexity index is 1250. The first-order valence-corrected chi connectivity index (χ1v) is 11.4. The lowest BCUT2D eigenvalue weighted by Gasteiger charge is -2.28. The number of anilines is 1. The third kappa shape index (κ3) is 4.62. The number of urea groups is 1. The lowest BCUT2D eigenvalue weighted by Crippen LogP contribution is -2.38. The molecule has 4 heterocycles. The maximum Gasteiger partial charge on any atom is 0.416 e. The number of likely N-dealkylation sites (tertiary alicyclic amines) is 1. The molecule has 2 atom stereocenters. The first-order valence-electron chi connectivity index (χ1n) is 11.4. The summed E-state index contributed by atoms with van der Waals surface area (Å²) in [5.41, 5.74) is 0.143. The molecule has 2 aliphatic heterocycles. The van der Waals surface area contributed by atoms with Crippen molar-refractivity contribution >= 4 is 17.5 Å². The van der Waals surface area contributed by atoms with Crippen molar-refractivity contribution in [3.05, 3.63) is 59.2 Å². The van der Waals surface area contributed by atoms with E-state index in [0.717, 1.165) is 18.2 Å². The molecule has 2 saturated heterocycles. The summed E-state index contributed by atoms with van der Waals surface area (Å²) in [6.07, 6.45) is -0.291. The summed E-state index contributed by atoms with van der Waals surface area (Å²) in [6.45, 7) is 1.37. The number of carbonyl (C=O) groups is 1. The number of hydrogen-bond donors (Lipinski definition) is 2. The second kappa shape index (κ2) is 8.99. The molecule has 0 radical (unpaired) electrons. The van der Waals surface area contributed by atoms with E-state index in [0.29, 0.717) is 49.4 Å². The van der Waals surface area contributed by atoms with Crippen LogP contribution in [0.1, 0.15) is 42.0 Å². The molecule has 8 nitrogen and oxygen atoms in total. The van der Waals surface area contributed by atoms with E-state index in [9.17, 15) is 27.5 Å². The van der Waals surface area contributed by atoms with Crippen LogP contribution in [0.15, 0.2) is 36.7 Å². The molecule has 1 aromatic carbocycles. The van der Waals surface area contributed by atoms with Crippen molar-refractivity contribution in [2.45, 2.75) is 44.1 Å². The molecule has 2 N–H and O–H groups in total. The highest BCUT2D eigenvalue weighted by Crippen LogP contribution is 2.42. The predicted molar refractivity (Wildman–Crippen MR) is 118 cm³/mol. The molecule has 2 fully saturated rings. The van der Waals surface area contributed by atoms with Gasteiger partial charge in [0.05, 0.1) is 23.9 Å². The van der Waals surface area contributed by atoms with Crippen molar-refractivity contribution in [2.75, 3.05) is 24.5 Å². The Morgan fingerprint density at radius 1 is 1.20 bits per heavy atom. The molecule has 2 aliphatic rings. The van der Waals surface area contributed by atoms with E-state index in [-0.39, 0.29) is 24.7 Å². The standard InChI is InChI=1S/C23H24F4N6O2/c24-15-3-4-18(23(25,26)27)17(10-15)19-2-1-7-32(19)20-6-9-33-21(30-20)14(12-29-33)11-28-22(35)31-8-5-16(34)13-31/h3-4,6,9-10,12,16,19,34H,1-2,5,7-8,11,13H2,(H,28,35)/t16-,19+/m0/s1. The summed E-state index contributed by atoms with van der Waals surface area (Å²) < 4.78 is 56.4. The Balaban J connectivity index is 1.40. The number of fused-ring (bicyclic) bond motifs is 1. The highest BCUT2D eigenvalue weighted by atomic mass is 19.4. The van der Waals surface area contributed by atoms with Gasteiger partial charge in [-0.25, -0.2) is 18.7 Å². The maximum absolute atomic E-state index is 14.0. The molecule has 0 bridgehead atoms. The Hall–Kier alpha value is -3.41. The minimum atomic E-state index is -4.60. The third-order valence-electron chi connectivity index (χ3n) is 6.53. The molecule has 5 rings (SSSR count). The number of aliphatic hydroxyl groups is 1. The van der Waals surface area contributed by atoms with Gasteiger partial charge in [-0.2, -0.15) is 18.3 Å². The zero-order valence-corrected chi connectivity index (χ0v) is 18.7. The molecule has 0 spiro atoms. The Labute approximate surface area is 198 Å². The van der Waals surface area contributed by atoms with Crippen LogP contribution < -0.4 is 10.2 Å².